The first kappa shape index (κ1) is 9.97. The molecule has 0 aromatic heterocycles. The summed E-state index contributed by atoms with van der Waals surface area (Å²) in [4.78, 5) is 11.8. The van der Waals surface area contributed by atoms with E-state index in [1.165, 1.54) is 0 Å². The Kier molecular flexibility index (Phi) is 2.86. The molecule has 0 fully saturated rings. The molecule has 2 nitrogen and oxygen atoms in total. The van der Waals surface area contributed by atoms with Gasteiger partial charge in [0, 0.05) is 17.7 Å². The molecule has 15 heavy (non-hydrogen) atoms. The first-order valence-electron chi connectivity index (χ1n) is 5.29. The van der Waals surface area contributed by atoms with Crippen LogP contribution in [0.25, 0.3) is 0 Å². The molecule has 0 aliphatic heterocycles. The van der Waals surface area contributed by atoms with Crippen LogP contribution in [0.2, 0.25) is 0 Å². The molecule has 2 N–H and O–H groups in total. The third-order valence-electron chi connectivity index (χ3n) is 2.81. The molecule has 0 spiro atoms. The van der Waals surface area contributed by atoms with E-state index < -0.39 is 0 Å². The van der Waals surface area contributed by atoms with E-state index in [4.69, 9.17) is 5.73 Å². The van der Waals surface area contributed by atoms with Gasteiger partial charge in [-0.05, 0) is 43.0 Å². The topological polar surface area (TPSA) is 43.1 Å². The van der Waals surface area contributed by atoms with Gasteiger partial charge in [0.1, 0.15) is 0 Å². The smallest absolute Gasteiger partial charge is 0.163 e. The fourth-order valence-corrected chi connectivity index (χ4v) is 1.89. The Morgan fingerprint density at radius 2 is 1.80 bits per heavy atom. The van der Waals surface area contributed by atoms with Gasteiger partial charge in [-0.15, -0.1) is 0 Å². The summed E-state index contributed by atoms with van der Waals surface area (Å²) in [6.45, 7) is 0. The Morgan fingerprint density at radius 1 is 1.20 bits per heavy atom. The number of Topliss-reactive ketones (excluding diaryl/α,β-unsaturated/α-hetero) is 1. The summed E-state index contributed by atoms with van der Waals surface area (Å²) in [5.41, 5.74) is 7.05. The number of carbonyl (C=O) groups excluding carboxylic acids is 1. The Morgan fingerprint density at radius 3 is 2.40 bits per heavy atom. The second-order valence-electron chi connectivity index (χ2n) is 4.06. The van der Waals surface area contributed by atoms with Crippen LogP contribution in [-0.4, -0.2) is 5.78 Å². The van der Waals surface area contributed by atoms with E-state index in [1.807, 2.05) is 0 Å². The summed E-state index contributed by atoms with van der Waals surface area (Å²) < 4.78 is 0. The predicted molar refractivity (Wildman–Crippen MR) is 61.7 cm³/mol. The maximum absolute atomic E-state index is 11.8. The van der Waals surface area contributed by atoms with Gasteiger partial charge in [0.05, 0.1) is 0 Å². The van der Waals surface area contributed by atoms with Crippen LogP contribution in [0.1, 0.15) is 29.6 Å². The van der Waals surface area contributed by atoms with Crippen LogP contribution < -0.4 is 5.73 Å². The quantitative estimate of drug-likeness (QED) is 0.464. The summed E-state index contributed by atoms with van der Waals surface area (Å²) in [7, 11) is 0. The first-order valence-corrected chi connectivity index (χ1v) is 5.29. The minimum atomic E-state index is 0.226. The number of anilines is 1. The molecular weight excluding hydrogens is 186 g/mol. The van der Waals surface area contributed by atoms with Crippen molar-refractivity contribution in [1.29, 1.82) is 0 Å². The number of hydrogen-bond acceptors (Lipinski definition) is 2. The Bertz CT molecular complexity index is 370. The highest BCUT2D eigenvalue weighted by atomic mass is 16.1. The van der Waals surface area contributed by atoms with Gasteiger partial charge >= 0.3 is 0 Å². The molecule has 78 valence electrons. The number of rotatable bonds is 3. The van der Waals surface area contributed by atoms with Crippen LogP contribution in [0, 0.1) is 5.92 Å². The average Bonchev–Trinajstić information content (AvgIpc) is 2.71. The molecule has 0 atom stereocenters. The molecule has 0 amide bonds. The number of allylic oxidation sites excluding steroid dienone is 2. The van der Waals surface area contributed by atoms with Crippen molar-refractivity contribution in [2.45, 2.75) is 19.3 Å². The zero-order valence-electron chi connectivity index (χ0n) is 8.65. The minimum Gasteiger partial charge on any atom is -0.399 e. The van der Waals surface area contributed by atoms with Crippen molar-refractivity contribution in [3.63, 3.8) is 0 Å². The highest BCUT2D eigenvalue weighted by Crippen LogP contribution is 2.23. The van der Waals surface area contributed by atoms with E-state index in [9.17, 15) is 4.79 Å². The number of nitrogens with two attached hydrogens (primary N) is 1. The zero-order chi connectivity index (χ0) is 10.7. The number of carbonyl (C=O) groups is 1. The molecule has 0 bridgehead atoms. The van der Waals surface area contributed by atoms with E-state index in [1.54, 1.807) is 24.3 Å². The Hall–Kier alpha value is -1.57. The van der Waals surface area contributed by atoms with Crippen molar-refractivity contribution in [3.05, 3.63) is 42.0 Å². The molecule has 2 heteroatoms. The summed E-state index contributed by atoms with van der Waals surface area (Å²) in [5.74, 6) is 0.735. The van der Waals surface area contributed by atoms with Crippen molar-refractivity contribution >= 4 is 11.5 Å². The molecule has 1 aliphatic carbocycles. The fraction of sp³-hybridized carbons (Fsp3) is 0.308. The van der Waals surface area contributed by atoms with Crippen molar-refractivity contribution < 1.29 is 4.79 Å². The summed E-state index contributed by atoms with van der Waals surface area (Å²) in [5, 5.41) is 0. The standard InChI is InChI=1S/C13H15NO/c14-12-7-5-11(6-8-12)13(15)9-10-3-1-2-4-10/h1-2,5-8,10H,3-4,9,14H2. The normalized spacial score (nSPS) is 15.7. The van der Waals surface area contributed by atoms with E-state index in [2.05, 4.69) is 12.2 Å². The Balaban J connectivity index is 1.98. The van der Waals surface area contributed by atoms with Gasteiger partial charge < -0.3 is 5.73 Å². The number of benzene rings is 1. The molecule has 2 rings (SSSR count). The molecule has 0 saturated heterocycles. The predicted octanol–water partition coefficient (Wildman–Crippen LogP) is 2.81. The second-order valence-corrected chi connectivity index (χ2v) is 4.06. The lowest BCUT2D eigenvalue weighted by atomic mass is 9.96. The lowest BCUT2D eigenvalue weighted by Crippen LogP contribution is -2.06. The SMILES string of the molecule is Nc1ccc(C(=O)CC2CC=CC2)cc1. The van der Waals surface area contributed by atoms with Crippen molar-refractivity contribution in [2.24, 2.45) is 5.92 Å². The van der Waals surface area contributed by atoms with Crippen LogP contribution in [0.3, 0.4) is 0 Å². The minimum absolute atomic E-state index is 0.226. The van der Waals surface area contributed by atoms with E-state index in [0.29, 0.717) is 18.0 Å². The molecule has 0 heterocycles. The zero-order valence-corrected chi connectivity index (χ0v) is 8.65. The number of nitrogen functional groups attached to an aromatic ring is 1. The van der Waals surface area contributed by atoms with Crippen molar-refractivity contribution in [2.75, 3.05) is 5.73 Å². The van der Waals surface area contributed by atoms with Gasteiger partial charge in [-0.2, -0.15) is 0 Å². The van der Waals surface area contributed by atoms with E-state index in [-0.39, 0.29) is 5.78 Å². The first-order chi connectivity index (χ1) is 7.25. The lowest BCUT2D eigenvalue weighted by molar-refractivity contribution is 0.0963. The molecule has 1 aromatic carbocycles. The van der Waals surface area contributed by atoms with E-state index >= 15 is 0 Å². The number of ketones is 1. The highest BCUT2D eigenvalue weighted by Gasteiger charge is 2.15. The van der Waals surface area contributed by atoms with Crippen molar-refractivity contribution in [1.82, 2.24) is 0 Å². The van der Waals surface area contributed by atoms with Gasteiger partial charge in [0.2, 0.25) is 0 Å². The Labute approximate surface area is 89.8 Å². The van der Waals surface area contributed by atoms with Crippen LogP contribution in [-0.2, 0) is 0 Å². The fourth-order valence-electron chi connectivity index (χ4n) is 1.89. The van der Waals surface area contributed by atoms with Gasteiger partial charge in [-0.3, -0.25) is 4.79 Å². The van der Waals surface area contributed by atoms with Crippen LogP contribution >= 0.6 is 0 Å². The van der Waals surface area contributed by atoms with Gasteiger partial charge in [-0.25, -0.2) is 0 Å². The summed E-state index contributed by atoms with van der Waals surface area (Å²) in [6, 6.07) is 7.17. The maximum Gasteiger partial charge on any atom is 0.163 e. The average molecular weight is 201 g/mol. The van der Waals surface area contributed by atoms with Gasteiger partial charge in [0.15, 0.2) is 5.78 Å². The summed E-state index contributed by atoms with van der Waals surface area (Å²) >= 11 is 0. The molecule has 0 saturated carbocycles. The van der Waals surface area contributed by atoms with Gasteiger partial charge in [-0.1, -0.05) is 12.2 Å². The van der Waals surface area contributed by atoms with Gasteiger partial charge in [0.25, 0.3) is 0 Å². The van der Waals surface area contributed by atoms with Crippen LogP contribution in [0.5, 0.6) is 0 Å². The molecule has 1 aliphatic rings. The lowest BCUT2D eigenvalue weighted by Gasteiger charge is -2.07. The highest BCUT2D eigenvalue weighted by molar-refractivity contribution is 5.96. The largest absolute Gasteiger partial charge is 0.399 e. The second kappa shape index (κ2) is 4.30. The van der Waals surface area contributed by atoms with Crippen LogP contribution in [0.4, 0.5) is 5.69 Å². The maximum atomic E-state index is 11.8. The third kappa shape index (κ3) is 2.46. The third-order valence-corrected chi connectivity index (χ3v) is 2.81. The monoisotopic (exact) mass is 201 g/mol. The summed E-state index contributed by atoms with van der Waals surface area (Å²) in [6.07, 6.45) is 7.04. The van der Waals surface area contributed by atoms with E-state index in [0.717, 1.165) is 18.4 Å². The molecular formula is C13H15NO. The number of hydrogen-bond donors (Lipinski definition) is 1. The van der Waals surface area contributed by atoms with Crippen LogP contribution in [0.15, 0.2) is 36.4 Å². The molecule has 0 unspecified atom stereocenters. The molecule has 0 radical (unpaired) electrons. The molecule has 1 aromatic rings. The van der Waals surface area contributed by atoms with Crippen molar-refractivity contribution in [3.8, 4) is 0 Å².